The normalized spacial score (nSPS) is 21.8. The molecule has 1 aliphatic rings. The van der Waals surface area contributed by atoms with E-state index in [0.717, 1.165) is 25.1 Å². The van der Waals surface area contributed by atoms with Crippen LogP contribution in [-0.4, -0.2) is 41.3 Å². The van der Waals surface area contributed by atoms with Gasteiger partial charge in [-0.1, -0.05) is 27.7 Å². The van der Waals surface area contributed by atoms with Gasteiger partial charge in [-0.05, 0) is 51.2 Å². The molecule has 0 radical (unpaired) electrons. The number of alkyl carbamates (subject to hydrolysis) is 1. The Morgan fingerprint density at radius 3 is 2.35 bits per heavy atom. The Bertz CT molecular complexity index is 387. The topological polar surface area (TPSA) is 50.4 Å². The van der Waals surface area contributed by atoms with Gasteiger partial charge in [-0.3, -0.25) is 0 Å². The first-order chi connectivity index (χ1) is 10.5. The fourth-order valence-electron chi connectivity index (χ4n) is 2.83. The summed E-state index contributed by atoms with van der Waals surface area (Å²) in [6.45, 7) is 15.4. The van der Waals surface area contributed by atoms with Crippen molar-refractivity contribution >= 4 is 17.9 Å². The molecule has 5 heteroatoms. The third-order valence-electron chi connectivity index (χ3n) is 4.93. The fraction of sp³-hybridized carbons (Fsp3) is 0.944. The van der Waals surface area contributed by atoms with Crippen LogP contribution < -0.4 is 10.6 Å². The number of thioether (sulfide) groups is 1. The zero-order chi connectivity index (χ0) is 17.7. The number of hydrogen-bond donors (Lipinski definition) is 2. The van der Waals surface area contributed by atoms with Gasteiger partial charge in [-0.15, -0.1) is 0 Å². The Kier molecular flexibility index (Phi) is 7.27. The molecule has 1 rings (SSSR count). The summed E-state index contributed by atoms with van der Waals surface area (Å²) in [4.78, 5) is 12.2. The molecule has 0 aromatic heterocycles. The summed E-state index contributed by atoms with van der Waals surface area (Å²) in [5, 5.41) is 6.85. The fourth-order valence-corrected chi connectivity index (χ4v) is 4.47. The number of nitrogens with one attached hydrogen (secondary N) is 2. The van der Waals surface area contributed by atoms with Gasteiger partial charge in [-0.25, -0.2) is 4.79 Å². The van der Waals surface area contributed by atoms with Crippen molar-refractivity contribution in [2.45, 2.75) is 84.9 Å². The van der Waals surface area contributed by atoms with Crippen molar-refractivity contribution in [1.29, 1.82) is 0 Å². The number of rotatable bonds is 6. The lowest BCUT2D eigenvalue weighted by atomic mass is 9.81. The number of ether oxygens (including phenoxy) is 1. The van der Waals surface area contributed by atoms with E-state index >= 15 is 0 Å². The maximum atomic E-state index is 12.2. The molecule has 1 saturated heterocycles. The molecule has 0 bridgehead atoms. The molecule has 1 aliphatic heterocycles. The predicted octanol–water partition coefficient (Wildman–Crippen LogP) is 4.19. The van der Waals surface area contributed by atoms with E-state index in [-0.39, 0.29) is 11.6 Å². The van der Waals surface area contributed by atoms with E-state index in [2.05, 4.69) is 38.3 Å². The van der Waals surface area contributed by atoms with Gasteiger partial charge < -0.3 is 15.4 Å². The van der Waals surface area contributed by atoms with Crippen LogP contribution in [0.1, 0.15) is 67.7 Å². The Hall–Kier alpha value is -0.420. The Morgan fingerprint density at radius 2 is 1.87 bits per heavy atom. The van der Waals surface area contributed by atoms with Gasteiger partial charge in [-0.2, -0.15) is 11.8 Å². The highest BCUT2D eigenvalue weighted by Crippen LogP contribution is 2.34. The van der Waals surface area contributed by atoms with Crippen LogP contribution in [0.25, 0.3) is 0 Å². The van der Waals surface area contributed by atoms with Crippen molar-refractivity contribution in [2.24, 2.45) is 5.41 Å². The van der Waals surface area contributed by atoms with Crippen LogP contribution in [0.3, 0.4) is 0 Å². The van der Waals surface area contributed by atoms with E-state index in [1.54, 1.807) is 0 Å². The SMILES string of the molecule is CCC(CC)(CNC1CSCCC1(C)C)NC(=O)OC(C)(C)C. The smallest absolute Gasteiger partial charge is 0.408 e. The van der Waals surface area contributed by atoms with Crippen molar-refractivity contribution in [2.75, 3.05) is 18.1 Å². The highest BCUT2D eigenvalue weighted by atomic mass is 32.2. The number of carbonyl (C=O) groups is 1. The summed E-state index contributed by atoms with van der Waals surface area (Å²) in [5.74, 6) is 2.39. The maximum absolute atomic E-state index is 12.2. The van der Waals surface area contributed by atoms with Crippen LogP contribution >= 0.6 is 11.8 Å². The molecule has 0 aromatic carbocycles. The molecular weight excluding hydrogens is 308 g/mol. The predicted molar refractivity (Wildman–Crippen MR) is 100 cm³/mol. The van der Waals surface area contributed by atoms with E-state index in [1.165, 1.54) is 12.2 Å². The van der Waals surface area contributed by atoms with E-state index < -0.39 is 5.60 Å². The first kappa shape index (κ1) is 20.6. The molecule has 0 aromatic rings. The van der Waals surface area contributed by atoms with Crippen molar-refractivity contribution in [3.63, 3.8) is 0 Å². The van der Waals surface area contributed by atoms with Gasteiger partial charge in [0.05, 0.1) is 5.54 Å². The molecule has 0 aliphatic carbocycles. The molecule has 23 heavy (non-hydrogen) atoms. The maximum Gasteiger partial charge on any atom is 0.408 e. The molecular formula is C18H36N2O2S. The second-order valence-electron chi connectivity index (χ2n) is 8.36. The summed E-state index contributed by atoms with van der Waals surface area (Å²) in [6.07, 6.45) is 2.69. The minimum Gasteiger partial charge on any atom is -0.444 e. The van der Waals surface area contributed by atoms with Crippen molar-refractivity contribution in [3.8, 4) is 0 Å². The second kappa shape index (κ2) is 8.11. The van der Waals surface area contributed by atoms with Gasteiger partial charge in [0.25, 0.3) is 0 Å². The largest absolute Gasteiger partial charge is 0.444 e. The average Bonchev–Trinajstić information content (AvgIpc) is 2.42. The molecule has 2 N–H and O–H groups in total. The van der Waals surface area contributed by atoms with Gasteiger partial charge in [0.1, 0.15) is 5.60 Å². The van der Waals surface area contributed by atoms with Crippen LogP contribution in [-0.2, 0) is 4.74 Å². The highest BCUT2D eigenvalue weighted by molar-refractivity contribution is 7.99. The van der Waals surface area contributed by atoms with Crippen molar-refractivity contribution < 1.29 is 9.53 Å². The van der Waals surface area contributed by atoms with Crippen LogP contribution in [0.5, 0.6) is 0 Å². The minimum absolute atomic E-state index is 0.249. The molecule has 1 atom stereocenters. The summed E-state index contributed by atoms with van der Waals surface area (Å²) in [5.41, 5.74) is -0.405. The molecule has 0 saturated carbocycles. The van der Waals surface area contributed by atoms with E-state index in [4.69, 9.17) is 4.74 Å². The summed E-state index contributed by atoms with van der Waals surface area (Å²) >= 11 is 2.02. The van der Waals surface area contributed by atoms with E-state index in [9.17, 15) is 4.79 Å². The third kappa shape index (κ3) is 6.54. The lowest BCUT2D eigenvalue weighted by molar-refractivity contribution is 0.0441. The van der Waals surface area contributed by atoms with E-state index in [1.807, 2.05) is 32.5 Å². The first-order valence-corrected chi connectivity index (χ1v) is 10.0. The minimum atomic E-state index is -0.466. The van der Waals surface area contributed by atoms with Crippen molar-refractivity contribution in [1.82, 2.24) is 10.6 Å². The second-order valence-corrected chi connectivity index (χ2v) is 9.51. The van der Waals surface area contributed by atoms with Gasteiger partial charge in [0.2, 0.25) is 0 Å². The Balaban J connectivity index is 2.67. The van der Waals surface area contributed by atoms with Crippen molar-refractivity contribution in [3.05, 3.63) is 0 Å². The van der Waals surface area contributed by atoms with Crippen LogP contribution in [0.4, 0.5) is 4.79 Å². The summed E-state index contributed by atoms with van der Waals surface area (Å²) in [7, 11) is 0. The zero-order valence-corrected chi connectivity index (χ0v) is 16.9. The molecule has 136 valence electrons. The quantitative estimate of drug-likeness (QED) is 0.758. The van der Waals surface area contributed by atoms with Crippen LogP contribution in [0.2, 0.25) is 0 Å². The van der Waals surface area contributed by atoms with Gasteiger partial charge >= 0.3 is 6.09 Å². The lowest BCUT2D eigenvalue weighted by Crippen LogP contribution is -2.58. The first-order valence-electron chi connectivity index (χ1n) is 8.86. The number of hydrogen-bond acceptors (Lipinski definition) is 4. The molecule has 0 spiro atoms. The standard InChI is InChI=1S/C18H36N2O2S/c1-8-18(9-2,20-15(21)22-16(3,4)5)13-19-14-12-23-11-10-17(14,6)7/h14,19H,8-13H2,1-7H3,(H,20,21). The monoisotopic (exact) mass is 344 g/mol. The molecule has 1 amide bonds. The molecule has 1 fully saturated rings. The number of carbonyl (C=O) groups excluding carboxylic acids is 1. The molecule has 1 unspecified atom stereocenters. The van der Waals surface area contributed by atoms with Gasteiger partial charge in [0.15, 0.2) is 0 Å². The lowest BCUT2D eigenvalue weighted by Gasteiger charge is -2.42. The zero-order valence-electron chi connectivity index (χ0n) is 16.0. The van der Waals surface area contributed by atoms with Crippen LogP contribution in [0, 0.1) is 5.41 Å². The van der Waals surface area contributed by atoms with Crippen LogP contribution in [0.15, 0.2) is 0 Å². The average molecular weight is 345 g/mol. The Labute approximate surface area is 146 Å². The summed E-state index contributed by atoms with van der Waals surface area (Å²) < 4.78 is 5.45. The Morgan fingerprint density at radius 1 is 1.26 bits per heavy atom. The third-order valence-corrected chi connectivity index (χ3v) is 5.99. The molecule has 1 heterocycles. The van der Waals surface area contributed by atoms with E-state index in [0.29, 0.717) is 11.5 Å². The van der Waals surface area contributed by atoms with Gasteiger partial charge in [0, 0.05) is 18.3 Å². The molecule has 4 nitrogen and oxygen atoms in total. The highest BCUT2D eigenvalue weighted by Gasteiger charge is 2.36. The summed E-state index contributed by atoms with van der Waals surface area (Å²) in [6, 6.07) is 0.485. The number of amides is 1.